The van der Waals surface area contributed by atoms with E-state index in [0.29, 0.717) is 43.8 Å². The molecule has 234 valence electrons. The molecule has 0 radical (unpaired) electrons. The molecule has 2 aliphatic heterocycles. The Balaban J connectivity index is 1.44. The number of benzene rings is 2. The van der Waals surface area contributed by atoms with Crippen LogP contribution in [0.1, 0.15) is 59.8 Å². The zero-order valence-corrected chi connectivity index (χ0v) is 26.4. The number of fused-ring (bicyclic) bond motifs is 1. The monoisotopic (exact) mass is 614 g/mol. The van der Waals surface area contributed by atoms with Crippen LogP contribution in [0, 0.1) is 6.92 Å². The third-order valence-electron chi connectivity index (χ3n) is 7.82. The van der Waals surface area contributed by atoms with Crippen LogP contribution in [0.3, 0.4) is 0 Å². The lowest BCUT2D eigenvalue weighted by Crippen LogP contribution is -2.38. The second-order valence-electron chi connectivity index (χ2n) is 11.0. The molecule has 0 saturated carbocycles. The number of phenols is 1. The molecule has 1 saturated heterocycles. The standard InChI is InChI=1S/C32H43N2O8P/c1-5-26-23(3)28-20-41-32(37)29(28)30(35)27(26)13-12-22(2)21-43(38,42-25-10-7-6-8-11-25)33-24(4)31(36)40-17-9-14-34-15-18-39-19-16-34/h6-8,10-12,24,35H,5,9,13-21H2,1-4H3,(H,33,38)/b22-12+/t24-,43?/m0/s1. The average molecular weight is 615 g/mol. The normalized spacial score (nSPS) is 17.6. The molecule has 43 heavy (non-hydrogen) atoms. The van der Waals surface area contributed by atoms with Crippen molar-refractivity contribution in [3.8, 4) is 11.5 Å². The number of cyclic esters (lactones) is 1. The van der Waals surface area contributed by atoms with Gasteiger partial charge in [0.2, 0.25) is 0 Å². The van der Waals surface area contributed by atoms with Crippen LogP contribution in [0.25, 0.3) is 0 Å². The summed E-state index contributed by atoms with van der Waals surface area (Å²) in [6.45, 7) is 11.8. The highest BCUT2D eigenvalue weighted by atomic mass is 31.2. The van der Waals surface area contributed by atoms with E-state index in [9.17, 15) is 19.3 Å². The van der Waals surface area contributed by atoms with E-state index in [-0.39, 0.29) is 30.7 Å². The second kappa shape index (κ2) is 15.0. The van der Waals surface area contributed by atoms with Crippen LogP contribution in [0.2, 0.25) is 0 Å². The topological polar surface area (TPSA) is 124 Å². The Morgan fingerprint density at radius 1 is 1.21 bits per heavy atom. The molecule has 1 fully saturated rings. The van der Waals surface area contributed by atoms with Crippen molar-refractivity contribution in [2.24, 2.45) is 0 Å². The van der Waals surface area contributed by atoms with Crippen molar-refractivity contribution in [1.29, 1.82) is 0 Å². The largest absolute Gasteiger partial charge is 0.507 e. The Morgan fingerprint density at radius 2 is 1.93 bits per heavy atom. The minimum Gasteiger partial charge on any atom is -0.507 e. The third-order valence-corrected chi connectivity index (χ3v) is 10.0. The van der Waals surface area contributed by atoms with Crippen molar-refractivity contribution in [3.05, 3.63) is 69.8 Å². The summed E-state index contributed by atoms with van der Waals surface area (Å²) in [6.07, 6.45) is 3.59. The van der Waals surface area contributed by atoms with Crippen LogP contribution in [0.15, 0.2) is 42.0 Å². The molecule has 2 aromatic rings. The summed E-state index contributed by atoms with van der Waals surface area (Å²) in [7, 11) is -3.63. The van der Waals surface area contributed by atoms with Crippen LogP contribution in [0.4, 0.5) is 0 Å². The Morgan fingerprint density at radius 3 is 2.63 bits per heavy atom. The minimum absolute atomic E-state index is 0.0186. The predicted octanol–water partition coefficient (Wildman–Crippen LogP) is 4.94. The molecule has 2 heterocycles. The number of rotatable bonds is 14. The van der Waals surface area contributed by atoms with E-state index in [1.165, 1.54) is 0 Å². The Hall–Kier alpha value is -3.17. The number of aromatic hydroxyl groups is 1. The summed E-state index contributed by atoms with van der Waals surface area (Å²) in [4.78, 5) is 27.4. The van der Waals surface area contributed by atoms with Gasteiger partial charge in [0.05, 0.1) is 26.0 Å². The van der Waals surface area contributed by atoms with E-state index in [1.807, 2.05) is 32.9 Å². The molecule has 0 amide bonds. The first-order valence-corrected chi connectivity index (χ1v) is 16.7. The Bertz CT molecular complexity index is 1370. The molecule has 0 bridgehead atoms. The zero-order chi connectivity index (χ0) is 31.0. The fourth-order valence-corrected chi connectivity index (χ4v) is 7.68. The van der Waals surface area contributed by atoms with Gasteiger partial charge in [-0.2, -0.15) is 0 Å². The number of nitrogens with one attached hydrogen (secondary N) is 1. The van der Waals surface area contributed by atoms with E-state index < -0.39 is 25.5 Å². The van der Waals surface area contributed by atoms with E-state index in [0.717, 1.165) is 41.9 Å². The maximum Gasteiger partial charge on any atom is 0.342 e. The fourth-order valence-electron chi connectivity index (χ4n) is 5.52. The lowest BCUT2D eigenvalue weighted by molar-refractivity contribution is -0.145. The number of carbonyl (C=O) groups is 2. The number of esters is 2. The van der Waals surface area contributed by atoms with E-state index >= 15 is 0 Å². The van der Waals surface area contributed by atoms with Crippen molar-refractivity contribution in [2.45, 2.75) is 59.6 Å². The lowest BCUT2D eigenvalue weighted by atomic mass is 9.89. The second-order valence-corrected chi connectivity index (χ2v) is 13.1. The third kappa shape index (κ3) is 8.48. The number of nitrogens with zero attached hydrogens (tertiary/aromatic N) is 1. The van der Waals surface area contributed by atoms with Gasteiger partial charge in [-0.05, 0) is 63.3 Å². The summed E-state index contributed by atoms with van der Waals surface area (Å²) in [5.41, 5.74) is 4.26. The van der Waals surface area contributed by atoms with Gasteiger partial charge in [-0.25, -0.2) is 9.88 Å². The van der Waals surface area contributed by atoms with E-state index in [4.69, 9.17) is 18.7 Å². The van der Waals surface area contributed by atoms with Crippen molar-refractivity contribution < 1.29 is 38.0 Å². The maximum absolute atomic E-state index is 14.2. The van der Waals surface area contributed by atoms with Gasteiger partial charge in [0, 0.05) is 30.8 Å². The number of ether oxygens (including phenoxy) is 3. The van der Waals surface area contributed by atoms with Crippen molar-refractivity contribution in [2.75, 3.05) is 45.6 Å². The van der Waals surface area contributed by atoms with Crippen LogP contribution in [0.5, 0.6) is 11.5 Å². The molecule has 0 aliphatic carbocycles. The summed E-state index contributed by atoms with van der Waals surface area (Å²) in [6, 6.07) is 7.95. The highest BCUT2D eigenvalue weighted by Crippen LogP contribution is 2.45. The number of allylic oxidation sites excluding steroid dienone is 2. The quantitative estimate of drug-likeness (QED) is 0.131. The van der Waals surface area contributed by atoms with Crippen LogP contribution >= 0.6 is 7.52 Å². The summed E-state index contributed by atoms with van der Waals surface area (Å²) < 4.78 is 36.2. The summed E-state index contributed by atoms with van der Waals surface area (Å²) in [5, 5.41) is 13.9. The highest BCUT2D eigenvalue weighted by Gasteiger charge is 2.32. The van der Waals surface area contributed by atoms with Gasteiger partial charge in [-0.1, -0.05) is 36.8 Å². The van der Waals surface area contributed by atoms with Crippen molar-refractivity contribution >= 4 is 19.5 Å². The van der Waals surface area contributed by atoms with Gasteiger partial charge >= 0.3 is 19.5 Å². The lowest BCUT2D eigenvalue weighted by Gasteiger charge is -2.26. The van der Waals surface area contributed by atoms with Crippen LogP contribution < -0.4 is 9.61 Å². The number of phenolic OH excluding ortho intramolecular Hbond substituents is 1. The molecule has 2 N–H and O–H groups in total. The van der Waals surface area contributed by atoms with Gasteiger partial charge in [0.15, 0.2) is 0 Å². The van der Waals surface area contributed by atoms with Gasteiger partial charge in [-0.3, -0.25) is 14.3 Å². The molecular formula is C32H43N2O8P. The number of morpholine rings is 1. The molecule has 2 aromatic carbocycles. The smallest absolute Gasteiger partial charge is 0.342 e. The maximum atomic E-state index is 14.2. The summed E-state index contributed by atoms with van der Waals surface area (Å²) >= 11 is 0. The van der Waals surface area contributed by atoms with Gasteiger partial charge in [-0.15, -0.1) is 0 Å². The van der Waals surface area contributed by atoms with Crippen LogP contribution in [-0.4, -0.2) is 73.6 Å². The SMILES string of the molecule is CCc1c(C)c2c(c(O)c1C/C=C(\C)CP(=O)(N[C@@H](C)C(=O)OCCCN1CCOCC1)Oc1ccccc1)C(=O)OC2. The predicted molar refractivity (Wildman–Crippen MR) is 164 cm³/mol. The molecule has 11 heteroatoms. The molecule has 2 aliphatic rings. The average Bonchev–Trinajstić information content (AvgIpc) is 3.38. The first-order valence-electron chi connectivity index (χ1n) is 14.9. The number of para-hydroxylation sites is 1. The fraction of sp³-hybridized carbons (Fsp3) is 0.500. The van der Waals surface area contributed by atoms with Crippen molar-refractivity contribution in [3.63, 3.8) is 0 Å². The van der Waals surface area contributed by atoms with E-state index in [1.54, 1.807) is 31.2 Å². The molecule has 10 nitrogen and oxygen atoms in total. The number of hydrogen-bond acceptors (Lipinski definition) is 9. The molecule has 0 spiro atoms. The van der Waals surface area contributed by atoms with E-state index in [2.05, 4.69) is 9.99 Å². The first-order chi connectivity index (χ1) is 20.6. The molecule has 4 rings (SSSR count). The molecule has 2 atom stereocenters. The van der Waals surface area contributed by atoms with Gasteiger partial charge in [0.25, 0.3) is 0 Å². The van der Waals surface area contributed by atoms with Gasteiger partial charge in [0.1, 0.15) is 29.7 Å². The summed E-state index contributed by atoms with van der Waals surface area (Å²) in [5.74, 6) is -0.669. The Kier molecular flexibility index (Phi) is 11.4. The first kappa shape index (κ1) is 32.7. The number of hydrogen-bond donors (Lipinski definition) is 2. The number of carbonyl (C=O) groups excluding carboxylic acids is 2. The van der Waals surface area contributed by atoms with Gasteiger partial charge < -0.3 is 23.8 Å². The molecule has 0 aromatic heterocycles. The minimum atomic E-state index is -3.63. The Labute approximate surface area is 253 Å². The van der Waals surface area contributed by atoms with Crippen LogP contribution in [-0.2, 0) is 43.0 Å². The zero-order valence-electron chi connectivity index (χ0n) is 25.5. The molecular weight excluding hydrogens is 571 g/mol. The molecule has 1 unspecified atom stereocenters. The van der Waals surface area contributed by atoms with Crippen molar-refractivity contribution in [1.82, 2.24) is 9.99 Å². The highest BCUT2D eigenvalue weighted by molar-refractivity contribution is 7.57.